The van der Waals surface area contributed by atoms with Crippen LogP contribution in [-0.4, -0.2) is 15.2 Å². The minimum Gasteiger partial charge on any atom is -0.395 e. The largest absolute Gasteiger partial charge is 0.395 e. The van der Waals surface area contributed by atoms with Gasteiger partial charge in [-0.05, 0) is 19.1 Å². The first-order valence-corrected chi connectivity index (χ1v) is 4.84. The van der Waals surface area contributed by atoms with Crippen molar-refractivity contribution in [3.8, 4) is 0 Å². The molecule has 0 fully saturated rings. The van der Waals surface area contributed by atoms with Crippen molar-refractivity contribution in [1.82, 2.24) is 15.2 Å². The first-order valence-electron chi connectivity index (χ1n) is 4.84. The average Bonchev–Trinajstić information content (AvgIpc) is 2.78. The third-order valence-corrected chi connectivity index (χ3v) is 2.27. The van der Waals surface area contributed by atoms with Crippen molar-refractivity contribution in [2.24, 2.45) is 0 Å². The highest BCUT2D eigenvalue weighted by Crippen LogP contribution is 2.24. The summed E-state index contributed by atoms with van der Waals surface area (Å²) in [6, 6.07) is 4.51. The minimum absolute atomic E-state index is 0.105. The van der Waals surface area contributed by atoms with E-state index in [1.807, 2.05) is 6.92 Å². The molecule has 0 amide bonds. The van der Waals surface area contributed by atoms with Crippen LogP contribution in [0.2, 0.25) is 0 Å². The molecule has 0 aliphatic carbocycles. The van der Waals surface area contributed by atoms with E-state index >= 15 is 0 Å². The van der Waals surface area contributed by atoms with E-state index < -0.39 is 5.82 Å². The number of aromatic nitrogens is 3. The molecule has 0 aliphatic heterocycles. The molecule has 5 nitrogen and oxygen atoms in total. The number of anilines is 2. The van der Waals surface area contributed by atoms with Gasteiger partial charge in [-0.3, -0.25) is 5.10 Å². The summed E-state index contributed by atoms with van der Waals surface area (Å²) in [5, 5.41) is 9.53. The van der Waals surface area contributed by atoms with E-state index in [0.29, 0.717) is 11.5 Å². The van der Waals surface area contributed by atoms with Crippen LogP contribution in [-0.2, 0) is 0 Å². The van der Waals surface area contributed by atoms with Crippen LogP contribution in [0.1, 0.15) is 18.8 Å². The SMILES string of the molecule is CC(Nc1cccc(F)c1N)c1ncn[nH]1. The lowest BCUT2D eigenvalue weighted by molar-refractivity contribution is 0.632. The van der Waals surface area contributed by atoms with Gasteiger partial charge in [-0.15, -0.1) is 0 Å². The molecule has 1 unspecified atom stereocenters. The third-order valence-electron chi connectivity index (χ3n) is 2.27. The number of para-hydroxylation sites is 1. The van der Waals surface area contributed by atoms with E-state index in [-0.39, 0.29) is 11.7 Å². The molecule has 0 spiro atoms. The van der Waals surface area contributed by atoms with Crippen molar-refractivity contribution in [3.05, 3.63) is 36.2 Å². The van der Waals surface area contributed by atoms with Crippen LogP contribution in [0.25, 0.3) is 0 Å². The molecule has 84 valence electrons. The van der Waals surface area contributed by atoms with Crippen LogP contribution < -0.4 is 11.1 Å². The van der Waals surface area contributed by atoms with Crippen molar-refractivity contribution in [3.63, 3.8) is 0 Å². The Bertz CT molecular complexity index is 468. The van der Waals surface area contributed by atoms with Crippen LogP contribution in [0.3, 0.4) is 0 Å². The fourth-order valence-electron chi connectivity index (χ4n) is 1.39. The molecule has 1 aromatic carbocycles. The maximum Gasteiger partial charge on any atom is 0.148 e. The van der Waals surface area contributed by atoms with Gasteiger partial charge in [-0.25, -0.2) is 9.37 Å². The van der Waals surface area contributed by atoms with E-state index in [0.717, 1.165) is 0 Å². The average molecular weight is 221 g/mol. The Labute approximate surface area is 91.9 Å². The fraction of sp³-hybridized carbons (Fsp3) is 0.200. The summed E-state index contributed by atoms with van der Waals surface area (Å²) < 4.78 is 13.2. The summed E-state index contributed by atoms with van der Waals surface area (Å²) in [7, 11) is 0. The predicted octanol–water partition coefficient (Wildman–Crippen LogP) is 1.70. The minimum atomic E-state index is -0.435. The second-order valence-electron chi connectivity index (χ2n) is 3.44. The number of nitrogens with two attached hydrogens (primary N) is 1. The highest BCUT2D eigenvalue weighted by Gasteiger charge is 2.11. The number of nitrogens with zero attached hydrogens (tertiary/aromatic N) is 2. The highest BCUT2D eigenvalue weighted by atomic mass is 19.1. The van der Waals surface area contributed by atoms with Gasteiger partial charge in [-0.1, -0.05) is 6.07 Å². The third kappa shape index (κ3) is 1.95. The summed E-state index contributed by atoms with van der Waals surface area (Å²) in [5.41, 5.74) is 6.25. The molecule has 0 saturated heterocycles. The first-order chi connectivity index (χ1) is 7.68. The summed E-state index contributed by atoms with van der Waals surface area (Å²) in [5.74, 6) is 0.235. The summed E-state index contributed by atoms with van der Waals surface area (Å²) >= 11 is 0. The Morgan fingerprint density at radius 3 is 3.00 bits per heavy atom. The molecule has 0 radical (unpaired) electrons. The fourth-order valence-corrected chi connectivity index (χ4v) is 1.39. The normalized spacial score (nSPS) is 12.4. The lowest BCUT2D eigenvalue weighted by atomic mass is 10.2. The van der Waals surface area contributed by atoms with Gasteiger partial charge in [0.25, 0.3) is 0 Å². The number of halogens is 1. The van der Waals surface area contributed by atoms with Gasteiger partial charge in [0.1, 0.15) is 18.0 Å². The maximum absolute atomic E-state index is 13.2. The van der Waals surface area contributed by atoms with Gasteiger partial charge in [0.05, 0.1) is 17.4 Å². The van der Waals surface area contributed by atoms with Crippen molar-refractivity contribution in [1.29, 1.82) is 0 Å². The van der Waals surface area contributed by atoms with E-state index in [1.54, 1.807) is 12.1 Å². The van der Waals surface area contributed by atoms with Gasteiger partial charge in [0.15, 0.2) is 0 Å². The van der Waals surface area contributed by atoms with Gasteiger partial charge in [-0.2, -0.15) is 5.10 Å². The van der Waals surface area contributed by atoms with Gasteiger partial charge in [0.2, 0.25) is 0 Å². The smallest absolute Gasteiger partial charge is 0.148 e. The quantitative estimate of drug-likeness (QED) is 0.689. The molecule has 1 heterocycles. The zero-order valence-electron chi connectivity index (χ0n) is 8.74. The van der Waals surface area contributed by atoms with E-state index in [4.69, 9.17) is 5.73 Å². The summed E-state index contributed by atoms with van der Waals surface area (Å²) in [6.45, 7) is 1.88. The van der Waals surface area contributed by atoms with E-state index in [1.165, 1.54) is 12.4 Å². The molecule has 16 heavy (non-hydrogen) atoms. The monoisotopic (exact) mass is 221 g/mol. The summed E-state index contributed by atoms with van der Waals surface area (Å²) in [4.78, 5) is 4.00. The lowest BCUT2D eigenvalue weighted by Crippen LogP contribution is -2.10. The molecule has 1 aromatic heterocycles. The maximum atomic E-state index is 13.2. The number of nitrogen functional groups attached to an aromatic ring is 1. The lowest BCUT2D eigenvalue weighted by Gasteiger charge is -2.14. The van der Waals surface area contributed by atoms with Crippen LogP contribution in [0.5, 0.6) is 0 Å². The predicted molar refractivity (Wildman–Crippen MR) is 59.2 cm³/mol. The Hall–Kier alpha value is -2.11. The topological polar surface area (TPSA) is 79.6 Å². The molecule has 4 N–H and O–H groups in total. The molecule has 0 saturated carbocycles. The number of benzene rings is 1. The number of rotatable bonds is 3. The summed E-state index contributed by atoms with van der Waals surface area (Å²) in [6.07, 6.45) is 1.42. The first kappa shape index (κ1) is 10.4. The zero-order valence-corrected chi connectivity index (χ0v) is 8.74. The van der Waals surface area contributed by atoms with Gasteiger partial charge < -0.3 is 11.1 Å². The molecule has 0 aliphatic rings. The van der Waals surface area contributed by atoms with E-state index in [2.05, 4.69) is 20.5 Å². The van der Waals surface area contributed by atoms with Crippen LogP contribution >= 0.6 is 0 Å². The zero-order chi connectivity index (χ0) is 11.5. The Morgan fingerprint density at radius 1 is 1.50 bits per heavy atom. The Balaban J connectivity index is 2.18. The van der Waals surface area contributed by atoms with Crippen LogP contribution in [0.15, 0.2) is 24.5 Å². The number of H-pyrrole nitrogens is 1. The standard InChI is InChI=1S/C10H12FN5/c1-6(10-13-5-14-16-10)15-8-4-2-3-7(11)9(8)12/h2-6,15H,12H2,1H3,(H,13,14,16). The number of nitrogens with one attached hydrogen (secondary N) is 2. The van der Waals surface area contributed by atoms with Gasteiger partial charge >= 0.3 is 0 Å². The molecule has 2 rings (SSSR count). The van der Waals surface area contributed by atoms with E-state index in [9.17, 15) is 4.39 Å². The Kier molecular flexibility index (Phi) is 2.72. The molecule has 0 bridgehead atoms. The second kappa shape index (κ2) is 4.18. The molecule has 1 atom stereocenters. The second-order valence-corrected chi connectivity index (χ2v) is 3.44. The van der Waals surface area contributed by atoms with Crippen molar-refractivity contribution < 1.29 is 4.39 Å². The van der Waals surface area contributed by atoms with Gasteiger partial charge in [0, 0.05) is 0 Å². The van der Waals surface area contributed by atoms with Crippen molar-refractivity contribution in [2.45, 2.75) is 13.0 Å². The highest BCUT2D eigenvalue weighted by molar-refractivity contribution is 5.66. The van der Waals surface area contributed by atoms with Crippen LogP contribution in [0, 0.1) is 5.82 Å². The Morgan fingerprint density at radius 2 is 2.31 bits per heavy atom. The molecule has 2 aromatic rings. The number of hydrogen-bond acceptors (Lipinski definition) is 4. The molecular weight excluding hydrogens is 209 g/mol. The molecule has 6 heteroatoms. The van der Waals surface area contributed by atoms with Crippen LogP contribution in [0.4, 0.5) is 15.8 Å². The number of hydrogen-bond donors (Lipinski definition) is 3. The van der Waals surface area contributed by atoms with Crippen molar-refractivity contribution >= 4 is 11.4 Å². The molecular formula is C10H12FN5. The number of aromatic amines is 1. The van der Waals surface area contributed by atoms with Crippen molar-refractivity contribution in [2.75, 3.05) is 11.1 Å².